The summed E-state index contributed by atoms with van der Waals surface area (Å²) in [6, 6.07) is 7.70. The van der Waals surface area contributed by atoms with Crippen molar-refractivity contribution >= 4 is 11.3 Å². The lowest BCUT2D eigenvalue weighted by Gasteiger charge is -2.37. The van der Waals surface area contributed by atoms with Crippen LogP contribution in [0.2, 0.25) is 0 Å². The zero-order valence-corrected chi connectivity index (χ0v) is 23.7. The van der Waals surface area contributed by atoms with Crippen LogP contribution in [0, 0.1) is 5.41 Å². The molecule has 0 radical (unpaired) electrons. The number of likely N-dealkylation sites (tertiary alicyclic amines) is 1. The molecule has 1 heterocycles. The lowest BCUT2D eigenvalue weighted by molar-refractivity contribution is -0.143. The highest BCUT2D eigenvalue weighted by molar-refractivity contribution is 5.78. The Kier molecular flexibility index (Phi) is 7.89. The zero-order valence-electron chi connectivity index (χ0n) is 23.7. The maximum atomic E-state index is 13.6. The number of nitrogens with two attached hydrogens (primary N) is 1. The molecule has 0 saturated carbocycles. The van der Waals surface area contributed by atoms with E-state index in [1.165, 1.54) is 16.7 Å². The first-order valence-corrected chi connectivity index (χ1v) is 13.7. The highest BCUT2D eigenvalue weighted by atomic mass is 19.4. The standard InChI is InChI=1S/C32H38F6N2/c1-18(2)21-7-8-29(39)28(14-21)26-9-10-30(5,6)16-23(26)17-40-19(3)11-27(20(40)4)22-12-24(31(33,34)35)15-25(13-22)32(36,37)38/h7-8,12-15,18,20,27H,3,9-11,16-17,39H2,1-2,4-6H3. The van der Waals surface area contributed by atoms with Crippen LogP contribution in [-0.2, 0) is 12.4 Å². The SMILES string of the molecule is C=C1CC(c2cc(C(F)(F)F)cc(C(F)(F)F)c2)C(C)N1CC1=C(c2cc(C(C)C)ccc2N)CCC(C)(C)C1. The summed E-state index contributed by atoms with van der Waals surface area (Å²) in [5.41, 5.74) is 9.96. The van der Waals surface area contributed by atoms with Crippen LogP contribution in [0.15, 0.2) is 54.2 Å². The van der Waals surface area contributed by atoms with E-state index in [1.807, 2.05) is 19.1 Å². The number of nitrogens with zero attached hydrogens (tertiary/aromatic N) is 1. The summed E-state index contributed by atoms with van der Waals surface area (Å²) < 4.78 is 81.4. The van der Waals surface area contributed by atoms with E-state index < -0.39 is 29.4 Å². The fraction of sp³-hybridized carbons (Fsp3) is 0.500. The van der Waals surface area contributed by atoms with E-state index in [-0.39, 0.29) is 29.5 Å². The molecule has 0 amide bonds. The quantitative estimate of drug-likeness (QED) is 0.289. The Morgan fingerprint density at radius 3 is 2.15 bits per heavy atom. The van der Waals surface area contributed by atoms with Crippen molar-refractivity contribution < 1.29 is 26.3 Å². The zero-order chi connectivity index (χ0) is 29.8. The van der Waals surface area contributed by atoms with Crippen LogP contribution in [0.25, 0.3) is 5.57 Å². The summed E-state index contributed by atoms with van der Waals surface area (Å²) in [5, 5.41) is 0. The van der Waals surface area contributed by atoms with Crippen LogP contribution in [0.4, 0.5) is 32.0 Å². The molecule has 4 rings (SSSR count). The van der Waals surface area contributed by atoms with E-state index in [4.69, 9.17) is 5.73 Å². The van der Waals surface area contributed by atoms with Crippen LogP contribution in [0.3, 0.4) is 0 Å². The fourth-order valence-corrected chi connectivity index (χ4v) is 6.18. The Morgan fingerprint density at radius 2 is 1.60 bits per heavy atom. The molecule has 8 heteroatoms. The van der Waals surface area contributed by atoms with Gasteiger partial charge in [0.05, 0.1) is 11.1 Å². The Labute approximate surface area is 232 Å². The molecular formula is C32H38F6N2. The van der Waals surface area contributed by atoms with Gasteiger partial charge in [0.1, 0.15) is 0 Å². The molecule has 2 aliphatic rings. The average molecular weight is 565 g/mol. The highest BCUT2D eigenvalue weighted by Crippen LogP contribution is 2.48. The third-order valence-corrected chi connectivity index (χ3v) is 8.57. The highest BCUT2D eigenvalue weighted by Gasteiger charge is 2.41. The molecule has 2 atom stereocenters. The predicted molar refractivity (Wildman–Crippen MR) is 149 cm³/mol. The number of anilines is 1. The Morgan fingerprint density at radius 1 is 1.00 bits per heavy atom. The van der Waals surface area contributed by atoms with Crippen LogP contribution < -0.4 is 5.73 Å². The van der Waals surface area contributed by atoms with E-state index in [9.17, 15) is 26.3 Å². The normalized spacial score (nSPS) is 22.0. The number of halogens is 6. The summed E-state index contributed by atoms with van der Waals surface area (Å²) in [6.07, 6.45) is -6.83. The smallest absolute Gasteiger partial charge is 0.398 e. The number of nitrogen functional groups attached to an aromatic ring is 1. The molecule has 2 aromatic rings. The second kappa shape index (κ2) is 10.5. The van der Waals surface area contributed by atoms with Crippen molar-refractivity contribution in [1.29, 1.82) is 0 Å². The fourth-order valence-electron chi connectivity index (χ4n) is 6.18. The van der Waals surface area contributed by atoms with Gasteiger partial charge < -0.3 is 10.6 Å². The maximum absolute atomic E-state index is 13.6. The summed E-state index contributed by atoms with van der Waals surface area (Å²) >= 11 is 0. The second-order valence-electron chi connectivity index (χ2n) is 12.5. The van der Waals surface area contributed by atoms with Gasteiger partial charge in [0.25, 0.3) is 0 Å². The molecule has 1 saturated heterocycles. The molecule has 1 fully saturated rings. The van der Waals surface area contributed by atoms with Gasteiger partial charge in [-0.1, -0.05) is 40.3 Å². The first-order chi connectivity index (χ1) is 18.4. The van der Waals surface area contributed by atoms with E-state index in [1.54, 1.807) is 0 Å². The molecule has 1 aliphatic heterocycles. The van der Waals surface area contributed by atoms with Gasteiger partial charge in [-0.05, 0) is 96.5 Å². The molecule has 0 aromatic heterocycles. The Bertz CT molecular complexity index is 1280. The van der Waals surface area contributed by atoms with Crippen molar-refractivity contribution in [2.45, 2.75) is 90.5 Å². The van der Waals surface area contributed by atoms with Gasteiger partial charge in [0.2, 0.25) is 0 Å². The lowest BCUT2D eigenvalue weighted by Crippen LogP contribution is -2.33. The molecular weight excluding hydrogens is 526 g/mol. The molecule has 0 bridgehead atoms. The Hall–Kier alpha value is -2.90. The first kappa shape index (κ1) is 30.1. The van der Waals surface area contributed by atoms with Gasteiger partial charge in [-0.15, -0.1) is 0 Å². The minimum atomic E-state index is -4.88. The number of benzene rings is 2. The van der Waals surface area contributed by atoms with E-state index in [2.05, 4.69) is 45.2 Å². The van der Waals surface area contributed by atoms with Gasteiger partial charge in [-0.25, -0.2) is 0 Å². The van der Waals surface area contributed by atoms with Crippen molar-refractivity contribution in [3.63, 3.8) is 0 Å². The topological polar surface area (TPSA) is 29.3 Å². The molecule has 0 spiro atoms. The number of allylic oxidation sites excluding steroid dienone is 2. The van der Waals surface area contributed by atoms with Gasteiger partial charge in [0.15, 0.2) is 0 Å². The predicted octanol–water partition coefficient (Wildman–Crippen LogP) is 9.79. The first-order valence-electron chi connectivity index (χ1n) is 13.7. The molecule has 2 unspecified atom stereocenters. The van der Waals surface area contributed by atoms with Crippen molar-refractivity contribution in [1.82, 2.24) is 4.90 Å². The molecule has 1 aliphatic carbocycles. The molecule has 218 valence electrons. The molecule has 40 heavy (non-hydrogen) atoms. The monoisotopic (exact) mass is 564 g/mol. The van der Waals surface area contributed by atoms with Crippen molar-refractivity contribution in [3.8, 4) is 0 Å². The molecule has 2 N–H and O–H groups in total. The number of alkyl halides is 6. The average Bonchev–Trinajstić information content (AvgIpc) is 3.11. The van der Waals surface area contributed by atoms with E-state index in [0.29, 0.717) is 23.8 Å². The summed E-state index contributed by atoms with van der Waals surface area (Å²) in [4.78, 5) is 2.05. The minimum absolute atomic E-state index is 0.0327. The minimum Gasteiger partial charge on any atom is -0.398 e. The van der Waals surface area contributed by atoms with Gasteiger partial charge in [-0.3, -0.25) is 0 Å². The van der Waals surface area contributed by atoms with Crippen LogP contribution in [-0.4, -0.2) is 17.5 Å². The van der Waals surface area contributed by atoms with Gasteiger partial charge in [-0.2, -0.15) is 26.3 Å². The number of rotatable bonds is 5. The van der Waals surface area contributed by atoms with Crippen molar-refractivity contribution in [2.75, 3.05) is 12.3 Å². The Balaban J connectivity index is 1.73. The molecule has 2 nitrogen and oxygen atoms in total. The summed E-state index contributed by atoms with van der Waals surface area (Å²) in [7, 11) is 0. The van der Waals surface area contributed by atoms with Crippen LogP contribution in [0.1, 0.15) is 100.0 Å². The van der Waals surface area contributed by atoms with Gasteiger partial charge in [0, 0.05) is 35.5 Å². The largest absolute Gasteiger partial charge is 0.416 e. The second-order valence-corrected chi connectivity index (χ2v) is 12.5. The molecule has 2 aromatic carbocycles. The van der Waals surface area contributed by atoms with Crippen molar-refractivity contribution in [3.05, 3.63) is 82.1 Å². The summed E-state index contributed by atoms with van der Waals surface area (Å²) in [6.45, 7) is 15.2. The maximum Gasteiger partial charge on any atom is 0.416 e. The van der Waals surface area contributed by atoms with Crippen LogP contribution in [0.5, 0.6) is 0 Å². The van der Waals surface area contributed by atoms with E-state index in [0.717, 1.165) is 37.0 Å². The van der Waals surface area contributed by atoms with Gasteiger partial charge >= 0.3 is 12.4 Å². The van der Waals surface area contributed by atoms with Crippen LogP contribution >= 0.6 is 0 Å². The summed E-state index contributed by atoms with van der Waals surface area (Å²) in [5.74, 6) is -0.220. The number of hydrogen-bond acceptors (Lipinski definition) is 2. The number of hydrogen-bond donors (Lipinski definition) is 1. The third kappa shape index (κ3) is 6.21. The van der Waals surface area contributed by atoms with E-state index >= 15 is 0 Å². The van der Waals surface area contributed by atoms with Crippen molar-refractivity contribution in [2.24, 2.45) is 5.41 Å². The lowest BCUT2D eigenvalue weighted by atomic mass is 9.72. The third-order valence-electron chi connectivity index (χ3n) is 8.57.